The Hall–Kier alpha value is -2.89. The molecule has 4 aromatic rings. The molecule has 7 heteroatoms. The van der Waals surface area contributed by atoms with E-state index in [-0.39, 0.29) is 38.0 Å². The van der Waals surface area contributed by atoms with Gasteiger partial charge in [-0.3, -0.25) is 9.59 Å². The van der Waals surface area contributed by atoms with Crippen molar-refractivity contribution in [2.45, 2.75) is 0 Å². The first kappa shape index (κ1) is 17.5. The fraction of sp³-hybridized carbons (Fsp3) is 0. The van der Waals surface area contributed by atoms with Gasteiger partial charge in [-0.05, 0) is 42.5 Å². The van der Waals surface area contributed by atoms with Crippen LogP contribution in [0.1, 0.15) is 10.4 Å². The molecular formula is C20H10Cl2FNO3. The summed E-state index contributed by atoms with van der Waals surface area (Å²) in [4.78, 5) is 25.0. The van der Waals surface area contributed by atoms with Crippen molar-refractivity contribution in [3.8, 4) is 0 Å². The SMILES string of the molecule is O=C(Nc1ccc2c(=O)c3cccc(F)c3oc2c1)c1ccc(Cl)cc1Cl. The van der Waals surface area contributed by atoms with Crippen LogP contribution in [0.4, 0.5) is 10.1 Å². The van der Waals surface area contributed by atoms with Gasteiger partial charge in [0.25, 0.3) is 5.91 Å². The Morgan fingerprint density at radius 1 is 1.00 bits per heavy atom. The number of carbonyl (C=O) groups is 1. The summed E-state index contributed by atoms with van der Waals surface area (Å²) in [5.41, 5.74) is 0.311. The minimum Gasteiger partial charge on any atom is -0.453 e. The smallest absolute Gasteiger partial charge is 0.257 e. The van der Waals surface area contributed by atoms with Gasteiger partial charge in [0.2, 0.25) is 5.43 Å². The van der Waals surface area contributed by atoms with E-state index < -0.39 is 11.7 Å². The second-order valence-electron chi connectivity index (χ2n) is 5.84. The fourth-order valence-electron chi connectivity index (χ4n) is 2.79. The maximum Gasteiger partial charge on any atom is 0.257 e. The maximum absolute atomic E-state index is 14.0. The molecule has 0 spiro atoms. The number of carbonyl (C=O) groups excluding carboxylic acids is 1. The van der Waals surface area contributed by atoms with Crippen molar-refractivity contribution >= 4 is 56.7 Å². The minimum atomic E-state index is -0.631. The first-order chi connectivity index (χ1) is 12.9. The summed E-state index contributed by atoms with van der Waals surface area (Å²) in [6.45, 7) is 0. The fourth-order valence-corrected chi connectivity index (χ4v) is 3.28. The Labute approximate surface area is 162 Å². The van der Waals surface area contributed by atoms with Crippen molar-refractivity contribution in [2.75, 3.05) is 5.32 Å². The molecule has 0 unspecified atom stereocenters. The van der Waals surface area contributed by atoms with Crippen LogP contribution in [-0.4, -0.2) is 5.91 Å². The van der Waals surface area contributed by atoms with Crippen molar-refractivity contribution < 1.29 is 13.6 Å². The van der Waals surface area contributed by atoms with Crippen molar-refractivity contribution in [1.82, 2.24) is 0 Å². The molecular weight excluding hydrogens is 392 g/mol. The van der Waals surface area contributed by atoms with E-state index in [1.165, 1.54) is 42.5 Å². The molecule has 1 amide bonds. The average molecular weight is 402 g/mol. The highest BCUT2D eigenvalue weighted by molar-refractivity contribution is 6.37. The Morgan fingerprint density at radius 3 is 2.59 bits per heavy atom. The zero-order valence-electron chi connectivity index (χ0n) is 13.6. The lowest BCUT2D eigenvalue weighted by Crippen LogP contribution is -2.12. The number of nitrogens with one attached hydrogen (secondary N) is 1. The number of amides is 1. The topological polar surface area (TPSA) is 59.3 Å². The van der Waals surface area contributed by atoms with Gasteiger partial charge in [0.1, 0.15) is 5.58 Å². The molecule has 0 atom stereocenters. The van der Waals surface area contributed by atoms with E-state index in [4.69, 9.17) is 27.6 Å². The van der Waals surface area contributed by atoms with Crippen molar-refractivity contribution in [1.29, 1.82) is 0 Å². The first-order valence-electron chi connectivity index (χ1n) is 7.85. The predicted molar refractivity (Wildman–Crippen MR) is 104 cm³/mol. The number of anilines is 1. The third-order valence-corrected chi connectivity index (χ3v) is 4.63. The standard InChI is InChI=1S/C20H10Cl2FNO3/c21-10-4-6-12(15(22)8-10)20(26)24-11-5-7-13-17(9-11)27-19-14(18(13)25)2-1-3-16(19)23/h1-9H,(H,24,26). The van der Waals surface area contributed by atoms with Gasteiger partial charge in [0.05, 0.1) is 21.4 Å². The molecule has 4 nitrogen and oxygen atoms in total. The maximum atomic E-state index is 14.0. The number of hydrogen-bond donors (Lipinski definition) is 1. The lowest BCUT2D eigenvalue weighted by Gasteiger charge is -2.08. The van der Waals surface area contributed by atoms with E-state index in [1.54, 1.807) is 12.1 Å². The van der Waals surface area contributed by atoms with Crippen LogP contribution in [0.25, 0.3) is 21.9 Å². The highest BCUT2D eigenvalue weighted by Crippen LogP contribution is 2.25. The van der Waals surface area contributed by atoms with Gasteiger partial charge in [0.15, 0.2) is 11.4 Å². The van der Waals surface area contributed by atoms with E-state index in [2.05, 4.69) is 5.32 Å². The van der Waals surface area contributed by atoms with Gasteiger partial charge in [-0.2, -0.15) is 0 Å². The summed E-state index contributed by atoms with van der Waals surface area (Å²) in [5, 5.41) is 3.74. The summed E-state index contributed by atoms with van der Waals surface area (Å²) in [7, 11) is 0. The lowest BCUT2D eigenvalue weighted by molar-refractivity contribution is 0.102. The monoisotopic (exact) mass is 401 g/mol. The Kier molecular flexibility index (Phi) is 4.34. The Morgan fingerprint density at radius 2 is 1.81 bits per heavy atom. The van der Waals surface area contributed by atoms with Crippen molar-refractivity contribution in [2.24, 2.45) is 0 Å². The number of para-hydroxylation sites is 1. The molecule has 0 aliphatic heterocycles. The molecule has 0 aliphatic carbocycles. The zero-order chi connectivity index (χ0) is 19.1. The van der Waals surface area contributed by atoms with E-state index >= 15 is 0 Å². The molecule has 0 fully saturated rings. The number of fused-ring (bicyclic) bond motifs is 2. The van der Waals surface area contributed by atoms with Crippen LogP contribution in [0.3, 0.4) is 0 Å². The highest BCUT2D eigenvalue weighted by Gasteiger charge is 2.14. The van der Waals surface area contributed by atoms with Crippen LogP contribution in [0.2, 0.25) is 10.0 Å². The van der Waals surface area contributed by atoms with E-state index in [0.29, 0.717) is 10.7 Å². The van der Waals surface area contributed by atoms with E-state index in [9.17, 15) is 14.0 Å². The quantitative estimate of drug-likeness (QED) is 0.441. The van der Waals surface area contributed by atoms with Crippen LogP contribution >= 0.6 is 23.2 Å². The molecule has 0 saturated carbocycles. The molecule has 0 saturated heterocycles. The number of halogens is 3. The van der Waals surface area contributed by atoms with Gasteiger partial charge < -0.3 is 9.73 Å². The second kappa shape index (κ2) is 6.68. The molecule has 1 heterocycles. The van der Waals surface area contributed by atoms with E-state index in [0.717, 1.165) is 0 Å². The molecule has 4 rings (SSSR count). The highest BCUT2D eigenvalue weighted by atomic mass is 35.5. The molecule has 0 bridgehead atoms. The van der Waals surface area contributed by atoms with Crippen LogP contribution < -0.4 is 10.7 Å². The van der Waals surface area contributed by atoms with E-state index in [1.807, 2.05) is 0 Å². The third-order valence-electron chi connectivity index (χ3n) is 4.08. The predicted octanol–water partition coefficient (Wildman–Crippen LogP) is 5.64. The molecule has 3 aromatic carbocycles. The minimum absolute atomic E-state index is 0.126. The molecule has 0 radical (unpaired) electrons. The average Bonchev–Trinajstić information content (AvgIpc) is 2.62. The van der Waals surface area contributed by atoms with Crippen molar-refractivity contribution in [3.05, 3.63) is 86.2 Å². The molecule has 1 N–H and O–H groups in total. The van der Waals surface area contributed by atoms with Gasteiger partial charge in [-0.1, -0.05) is 29.3 Å². The third kappa shape index (κ3) is 3.16. The summed E-state index contributed by atoms with van der Waals surface area (Å²) in [5.74, 6) is -1.08. The summed E-state index contributed by atoms with van der Waals surface area (Å²) < 4.78 is 19.5. The summed E-state index contributed by atoms with van der Waals surface area (Å²) in [6.07, 6.45) is 0. The van der Waals surface area contributed by atoms with Crippen LogP contribution in [0, 0.1) is 5.82 Å². The number of hydrogen-bond acceptors (Lipinski definition) is 3. The molecule has 1 aromatic heterocycles. The molecule has 0 aliphatic rings. The largest absolute Gasteiger partial charge is 0.453 e. The lowest BCUT2D eigenvalue weighted by atomic mass is 10.1. The van der Waals surface area contributed by atoms with Crippen LogP contribution in [-0.2, 0) is 0 Å². The molecule has 134 valence electrons. The first-order valence-corrected chi connectivity index (χ1v) is 8.61. The zero-order valence-corrected chi connectivity index (χ0v) is 15.1. The number of rotatable bonds is 2. The summed E-state index contributed by atoms with van der Waals surface area (Å²) in [6, 6.07) is 13.2. The van der Waals surface area contributed by atoms with Crippen LogP contribution in [0.5, 0.6) is 0 Å². The van der Waals surface area contributed by atoms with Gasteiger partial charge in [-0.25, -0.2) is 4.39 Å². The molecule has 27 heavy (non-hydrogen) atoms. The van der Waals surface area contributed by atoms with Crippen molar-refractivity contribution in [3.63, 3.8) is 0 Å². The Bertz CT molecular complexity index is 1280. The van der Waals surface area contributed by atoms with Gasteiger partial charge >= 0.3 is 0 Å². The number of benzene rings is 3. The van der Waals surface area contributed by atoms with Crippen LogP contribution in [0.15, 0.2) is 63.8 Å². The van der Waals surface area contributed by atoms with Gasteiger partial charge in [-0.15, -0.1) is 0 Å². The van der Waals surface area contributed by atoms with Gasteiger partial charge in [0, 0.05) is 16.8 Å². The second-order valence-corrected chi connectivity index (χ2v) is 6.68. The normalized spacial score (nSPS) is 11.1. The summed E-state index contributed by atoms with van der Waals surface area (Å²) >= 11 is 11.9. The Balaban J connectivity index is 1.77.